The molecule has 0 saturated heterocycles. The Hall–Kier alpha value is -1.36. The van der Waals surface area contributed by atoms with Gasteiger partial charge in [0.2, 0.25) is 5.91 Å². The molecular formula is C11H15NO3S. The van der Waals surface area contributed by atoms with Crippen LogP contribution in [0.4, 0.5) is 0 Å². The van der Waals surface area contributed by atoms with Crippen molar-refractivity contribution in [3.63, 3.8) is 0 Å². The smallest absolute Gasteiger partial charge is 0.315 e. The summed E-state index contributed by atoms with van der Waals surface area (Å²) in [6.07, 6.45) is 0.749. The number of nitrogens with one attached hydrogen (secondary N) is 1. The Morgan fingerprint density at radius 1 is 1.56 bits per heavy atom. The fourth-order valence-corrected chi connectivity index (χ4v) is 2.13. The number of aliphatic carboxylic acids is 1. The van der Waals surface area contributed by atoms with Crippen molar-refractivity contribution in [2.24, 2.45) is 5.92 Å². The second kappa shape index (κ2) is 5.65. The highest BCUT2D eigenvalue weighted by Crippen LogP contribution is 2.21. The van der Waals surface area contributed by atoms with Gasteiger partial charge in [-0.05, 0) is 24.8 Å². The van der Waals surface area contributed by atoms with Crippen molar-refractivity contribution in [2.45, 2.75) is 26.3 Å². The standard InChI is InChI=1S/C11H15NO3S/c1-3-8(9-5-4-6-16-9)12-10(13)7(2)11(14)15/h4-8H,3H2,1-2H3,(H,12,13)(H,14,15). The topological polar surface area (TPSA) is 66.4 Å². The molecule has 1 amide bonds. The van der Waals surface area contributed by atoms with Crippen LogP contribution >= 0.6 is 11.3 Å². The van der Waals surface area contributed by atoms with Crippen molar-refractivity contribution >= 4 is 23.2 Å². The maximum absolute atomic E-state index is 11.6. The summed E-state index contributed by atoms with van der Waals surface area (Å²) in [4.78, 5) is 23.2. The van der Waals surface area contributed by atoms with Crippen LogP contribution in [0.15, 0.2) is 17.5 Å². The summed E-state index contributed by atoms with van der Waals surface area (Å²) >= 11 is 1.56. The van der Waals surface area contributed by atoms with E-state index in [0.29, 0.717) is 0 Å². The highest BCUT2D eigenvalue weighted by molar-refractivity contribution is 7.10. The number of carboxylic acids is 1. The fraction of sp³-hybridized carbons (Fsp3) is 0.455. The molecule has 0 radical (unpaired) electrons. The van der Waals surface area contributed by atoms with Crippen molar-refractivity contribution in [3.05, 3.63) is 22.4 Å². The lowest BCUT2D eigenvalue weighted by Crippen LogP contribution is -2.35. The van der Waals surface area contributed by atoms with E-state index in [1.54, 1.807) is 11.3 Å². The number of rotatable bonds is 5. The Morgan fingerprint density at radius 3 is 2.69 bits per heavy atom. The number of thiophene rings is 1. The summed E-state index contributed by atoms with van der Waals surface area (Å²) in [5, 5.41) is 13.4. The van der Waals surface area contributed by atoms with Crippen LogP contribution in [0.25, 0.3) is 0 Å². The van der Waals surface area contributed by atoms with Crippen molar-refractivity contribution in [1.82, 2.24) is 5.32 Å². The molecule has 0 bridgehead atoms. The predicted molar refractivity (Wildman–Crippen MR) is 62.3 cm³/mol. The zero-order valence-corrected chi connectivity index (χ0v) is 10.1. The van der Waals surface area contributed by atoms with E-state index in [1.807, 2.05) is 24.4 Å². The van der Waals surface area contributed by atoms with Gasteiger partial charge in [-0.25, -0.2) is 0 Å². The Bertz CT molecular complexity index is 361. The molecule has 4 nitrogen and oxygen atoms in total. The number of amides is 1. The monoisotopic (exact) mass is 241 g/mol. The second-order valence-corrected chi connectivity index (χ2v) is 4.52. The molecule has 0 fully saturated rings. The van der Waals surface area contributed by atoms with Crippen LogP contribution in [-0.4, -0.2) is 17.0 Å². The van der Waals surface area contributed by atoms with Gasteiger partial charge in [-0.3, -0.25) is 9.59 Å². The fourth-order valence-electron chi connectivity index (χ4n) is 1.27. The van der Waals surface area contributed by atoms with E-state index in [9.17, 15) is 9.59 Å². The molecule has 16 heavy (non-hydrogen) atoms. The van der Waals surface area contributed by atoms with Crippen molar-refractivity contribution in [2.75, 3.05) is 0 Å². The molecule has 1 rings (SSSR count). The first kappa shape index (κ1) is 12.7. The molecule has 5 heteroatoms. The Balaban J connectivity index is 2.64. The van der Waals surface area contributed by atoms with Crippen LogP contribution in [0.1, 0.15) is 31.2 Å². The highest BCUT2D eigenvalue weighted by Gasteiger charge is 2.23. The van der Waals surface area contributed by atoms with E-state index in [2.05, 4.69) is 5.32 Å². The third-order valence-corrected chi connectivity index (χ3v) is 3.36. The average Bonchev–Trinajstić information content (AvgIpc) is 2.77. The molecule has 0 aliphatic carbocycles. The normalized spacial score (nSPS) is 14.1. The SMILES string of the molecule is CCC(NC(=O)C(C)C(=O)O)c1cccs1. The highest BCUT2D eigenvalue weighted by atomic mass is 32.1. The summed E-state index contributed by atoms with van der Waals surface area (Å²) < 4.78 is 0. The summed E-state index contributed by atoms with van der Waals surface area (Å²) in [5.74, 6) is -2.54. The molecule has 1 aromatic rings. The van der Waals surface area contributed by atoms with E-state index < -0.39 is 17.8 Å². The predicted octanol–water partition coefficient (Wildman–Crippen LogP) is 2.04. The molecule has 1 aromatic heterocycles. The minimum absolute atomic E-state index is 0.0886. The molecule has 2 atom stereocenters. The van der Waals surface area contributed by atoms with E-state index in [0.717, 1.165) is 11.3 Å². The van der Waals surface area contributed by atoms with Crippen molar-refractivity contribution in [1.29, 1.82) is 0 Å². The van der Waals surface area contributed by atoms with Gasteiger partial charge in [0.1, 0.15) is 5.92 Å². The third kappa shape index (κ3) is 3.06. The maximum atomic E-state index is 11.6. The van der Waals surface area contributed by atoms with Gasteiger partial charge in [-0.15, -0.1) is 11.3 Å². The minimum atomic E-state index is -1.10. The zero-order valence-electron chi connectivity index (χ0n) is 9.27. The van der Waals surface area contributed by atoms with E-state index >= 15 is 0 Å². The average molecular weight is 241 g/mol. The Labute approximate surface area is 98.3 Å². The minimum Gasteiger partial charge on any atom is -0.481 e. The lowest BCUT2D eigenvalue weighted by atomic mass is 10.1. The van der Waals surface area contributed by atoms with Crippen molar-refractivity contribution < 1.29 is 14.7 Å². The van der Waals surface area contributed by atoms with Gasteiger partial charge in [-0.1, -0.05) is 13.0 Å². The molecule has 2 N–H and O–H groups in total. The second-order valence-electron chi connectivity index (χ2n) is 3.54. The van der Waals surface area contributed by atoms with E-state index in [-0.39, 0.29) is 6.04 Å². The van der Waals surface area contributed by atoms with Crippen LogP contribution in [0, 0.1) is 5.92 Å². The molecule has 0 aromatic carbocycles. The van der Waals surface area contributed by atoms with Gasteiger partial charge in [0, 0.05) is 4.88 Å². The third-order valence-electron chi connectivity index (χ3n) is 2.38. The molecule has 88 valence electrons. The van der Waals surface area contributed by atoms with Crippen LogP contribution < -0.4 is 5.32 Å². The maximum Gasteiger partial charge on any atom is 0.315 e. The van der Waals surface area contributed by atoms with Gasteiger partial charge < -0.3 is 10.4 Å². The summed E-state index contributed by atoms with van der Waals surface area (Å²) in [5.41, 5.74) is 0. The molecule has 1 heterocycles. The number of hydrogen-bond acceptors (Lipinski definition) is 3. The van der Waals surface area contributed by atoms with E-state index in [1.165, 1.54) is 6.92 Å². The first-order valence-corrected chi connectivity index (χ1v) is 6.00. The number of hydrogen-bond donors (Lipinski definition) is 2. The largest absolute Gasteiger partial charge is 0.481 e. The zero-order chi connectivity index (χ0) is 12.1. The first-order valence-electron chi connectivity index (χ1n) is 5.12. The van der Waals surface area contributed by atoms with Gasteiger partial charge >= 0.3 is 5.97 Å². The Kier molecular flexibility index (Phi) is 4.49. The molecule has 0 aliphatic rings. The Morgan fingerprint density at radius 2 is 2.25 bits per heavy atom. The molecule has 0 spiro atoms. The lowest BCUT2D eigenvalue weighted by Gasteiger charge is -2.17. The number of carbonyl (C=O) groups is 2. The number of carboxylic acid groups (broad SMARTS) is 1. The van der Waals surface area contributed by atoms with Gasteiger partial charge in [0.25, 0.3) is 0 Å². The quantitative estimate of drug-likeness (QED) is 0.775. The van der Waals surface area contributed by atoms with Gasteiger partial charge in [0.15, 0.2) is 0 Å². The van der Waals surface area contributed by atoms with E-state index in [4.69, 9.17) is 5.11 Å². The molecular weight excluding hydrogens is 226 g/mol. The van der Waals surface area contributed by atoms with Gasteiger partial charge in [-0.2, -0.15) is 0 Å². The van der Waals surface area contributed by atoms with Gasteiger partial charge in [0.05, 0.1) is 6.04 Å². The lowest BCUT2D eigenvalue weighted by molar-refractivity contribution is -0.146. The summed E-state index contributed by atoms with van der Waals surface area (Å²) in [6.45, 7) is 3.34. The molecule has 2 unspecified atom stereocenters. The summed E-state index contributed by atoms with van der Waals surface area (Å²) in [7, 11) is 0. The molecule has 0 aliphatic heterocycles. The van der Waals surface area contributed by atoms with Crippen LogP contribution in [0.3, 0.4) is 0 Å². The van der Waals surface area contributed by atoms with Crippen LogP contribution in [0.5, 0.6) is 0 Å². The summed E-state index contributed by atoms with van der Waals surface area (Å²) in [6, 6.07) is 3.76. The first-order chi connectivity index (χ1) is 7.56. The van der Waals surface area contributed by atoms with Crippen molar-refractivity contribution in [3.8, 4) is 0 Å². The number of carbonyl (C=O) groups excluding carboxylic acids is 1. The molecule has 0 saturated carbocycles. The van der Waals surface area contributed by atoms with Crippen LogP contribution in [-0.2, 0) is 9.59 Å². The van der Waals surface area contributed by atoms with Crippen LogP contribution in [0.2, 0.25) is 0 Å².